The monoisotopic (exact) mass is 362 g/mol. The summed E-state index contributed by atoms with van der Waals surface area (Å²) in [6.07, 6.45) is 2.47. The molecular weight excluding hydrogens is 340 g/mol. The molecule has 0 spiro atoms. The van der Waals surface area contributed by atoms with Crippen molar-refractivity contribution in [2.75, 3.05) is 20.2 Å². The minimum Gasteiger partial charge on any atom is -0.465 e. The average molecular weight is 362 g/mol. The van der Waals surface area contributed by atoms with Crippen LogP contribution in [0.3, 0.4) is 0 Å². The number of hydrogen-bond acceptors (Lipinski definition) is 5. The summed E-state index contributed by atoms with van der Waals surface area (Å²) in [5.41, 5.74) is 2.39. The highest BCUT2D eigenvalue weighted by atomic mass is 16.5. The Labute approximate surface area is 158 Å². The summed E-state index contributed by atoms with van der Waals surface area (Å²) in [6, 6.07) is 17.3. The van der Waals surface area contributed by atoms with Gasteiger partial charge in [0.1, 0.15) is 5.82 Å². The van der Waals surface area contributed by atoms with E-state index < -0.39 is 0 Å². The smallest absolute Gasteiger partial charge is 0.337 e. The molecule has 0 unspecified atom stereocenters. The molecule has 0 saturated carbocycles. The fraction of sp³-hybridized carbons (Fsp3) is 0.286. The standard InChI is InChI=1S/C21H22N4O2/c1-27-21(26)17-11-9-16(10-12-17)20-22-19(15-24-13-5-6-14-24)25(23-20)18-7-3-2-4-8-18/h2-4,7-12H,5-6,13-15H2,1H3. The van der Waals surface area contributed by atoms with E-state index in [1.807, 2.05) is 47.1 Å². The van der Waals surface area contributed by atoms with Gasteiger partial charge in [-0.3, -0.25) is 4.90 Å². The molecule has 138 valence electrons. The molecule has 27 heavy (non-hydrogen) atoms. The number of esters is 1. The Balaban J connectivity index is 1.68. The highest BCUT2D eigenvalue weighted by Crippen LogP contribution is 2.21. The summed E-state index contributed by atoms with van der Waals surface area (Å²) in [5.74, 6) is 1.23. The Kier molecular flexibility index (Phi) is 4.98. The average Bonchev–Trinajstić information content (AvgIpc) is 3.39. The Hall–Kier alpha value is -2.99. The quantitative estimate of drug-likeness (QED) is 0.652. The van der Waals surface area contributed by atoms with Crippen LogP contribution in [0, 0.1) is 0 Å². The highest BCUT2D eigenvalue weighted by Gasteiger charge is 2.19. The molecule has 0 atom stereocenters. The van der Waals surface area contributed by atoms with E-state index in [9.17, 15) is 4.79 Å². The van der Waals surface area contributed by atoms with Gasteiger partial charge in [0.05, 0.1) is 24.9 Å². The largest absolute Gasteiger partial charge is 0.465 e. The van der Waals surface area contributed by atoms with Crippen LogP contribution >= 0.6 is 0 Å². The third-order valence-electron chi connectivity index (χ3n) is 4.80. The van der Waals surface area contributed by atoms with Gasteiger partial charge >= 0.3 is 5.97 Å². The van der Waals surface area contributed by atoms with Crippen LogP contribution in [0.5, 0.6) is 0 Å². The van der Waals surface area contributed by atoms with Crippen molar-refractivity contribution in [1.29, 1.82) is 0 Å². The van der Waals surface area contributed by atoms with Crippen LogP contribution in [0.25, 0.3) is 17.1 Å². The number of methoxy groups -OCH3 is 1. The summed E-state index contributed by atoms with van der Waals surface area (Å²) in [6.45, 7) is 2.98. The van der Waals surface area contributed by atoms with Gasteiger partial charge in [-0.05, 0) is 50.2 Å². The van der Waals surface area contributed by atoms with Gasteiger partial charge < -0.3 is 4.74 Å². The number of aromatic nitrogens is 3. The number of likely N-dealkylation sites (tertiary alicyclic amines) is 1. The predicted molar refractivity (Wildman–Crippen MR) is 103 cm³/mol. The van der Waals surface area contributed by atoms with Crippen molar-refractivity contribution in [3.8, 4) is 17.1 Å². The molecule has 6 heteroatoms. The zero-order chi connectivity index (χ0) is 18.6. The SMILES string of the molecule is COC(=O)c1ccc(-c2nc(CN3CCCC3)n(-c3ccccc3)n2)cc1. The zero-order valence-electron chi connectivity index (χ0n) is 15.3. The molecule has 1 aliphatic rings. The van der Waals surface area contributed by atoms with Crippen molar-refractivity contribution in [2.45, 2.75) is 19.4 Å². The molecule has 2 aromatic carbocycles. The van der Waals surface area contributed by atoms with Crippen molar-refractivity contribution in [2.24, 2.45) is 0 Å². The van der Waals surface area contributed by atoms with Crippen LogP contribution in [-0.4, -0.2) is 45.8 Å². The molecule has 1 fully saturated rings. The normalized spacial score (nSPS) is 14.4. The summed E-state index contributed by atoms with van der Waals surface area (Å²) < 4.78 is 6.68. The summed E-state index contributed by atoms with van der Waals surface area (Å²) >= 11 is 0. The van der Waals surface area contributed by atoms with Crippen LogP contribution < -0.4 is 0 Å². The fourth-order valence-corrected chi connectivity index (χ4v) is 3.36. The Morgan fingerprint density at radius 2 is 1.74 bits per heavy atom. The van der Waals surface area contributed by atoms with Crippen molar-refractivity contribution >= 4 is 5.97 Å². The first-order chi connectivity index (χ1) is 13.2. The number of rotatable bonds is 5. The van der Waals surface area contributed by atoms with Gasteiger partial charge in [-0.15, -0.1) is 5.10 Å². The van der Waals surface area contributed by atoms with E-state index in [1.165, 1.54) is 20.0 Å². The van der Waals surface area contributed by atoms with E-state index in [4.69, 9.17) is 14.8 Å². The molecule has 3 aromatic rings. The maximum atomic E-state index is 11.6. The van der Waals surface area contributed by atoms with Crippen LogP contribution in [0.2, 0.25) is 0 Å². The molecule has 0 amide bonds. The third-order valence-corrected chi connectivity index (χ3v) is 4.80. The Bertz CT molecular complexity index is 913. The zero-order valence-corrected chi connectivity index (χ0v) is 15.3. The van der Waals surface area contributed by atoms with E-state index in [2.05, 4.69) is 4.90 Å². The van der Waals surface area contributed by atoms with E-state index >= 15 is 0 Å². The molecule has 0 N–H and O–H groups in total. The Morgan fingerprint density at radius 1 is 1.04 bits per heavy atom. The van der Waals surface area contributed by atoms with Crippen molar-refractivity contribution < 1.29 is 9.53 Å². The maximum absolute atomic E-state index is 11.6. The molecule has 4 rings (SSSR count). The third kappa shape index (κ3) is 3.75. The number of para-hydroxylation sites is 1. The van der Waals surface area contributed by atoms with Gasteiger partial charge in [0.2, 0.25) is 0 Å². The van der Waals surface area contributed by atoms with Gasteiger partial charge in [-0.25, -0.2) is 14.5 Å². The number of ether oxygens (including phenoxy) is 1. The first-order valence-electron chi connectivity index (χ1n) is 9.17. The molecule has 1 aliphatic heterocycles. The second kappa shape index (κ2) is 7.72. The number of benzene rings is 2. The molecule has 6 nitrogen and oxygen atoms in total. The minimum atomic E-state index is -0.348. The lowest BCUT2D eigenvalue weighted by Crippen LogP contribution is -2.21. The van der Waals surface area contributed by atoms with Crippen LogP contribution in [0.15, 0.2) is 54.6 Å². The highest BCUT2D eigenvalue weighted by molar-refractivity contribution is 5.89. The van der Waals surface area contributed by atoms with Gasteiger partial charge in [0, 0.05) is 5.56 Å². The van der Waals surface area contributed by atoms with Gasteiger partial charge in [0.25, 0.3) is 0 Å². The minimum absolute atomic E-state index is 0.348. The van der Waals surface area contributed by atoms with Crippen LogP contribution in [-0.2, 0) is 11.3 Å². The second-order valence-electron chi connectivity index (χ2n) is 6.65. The van der Waals surface area contributed by atoms with Crippen molar-refractivity contribution in [3.63, 3.8) is 0 Å². The lowest BCUT2D eigenvalue weighted by Gasteiger charge is -2.14. The first-order valence-corrected chi connectivity index (χ1v) is 9.17. The lowest BCUT2D eigenvalue weighted by molar-refractivity contribution is 0.0601. The fourth-order valence-electron chi connectivity index (χ4n) is 3.36. The van der Waals surface area contributed by atoms with E-state index in [0.717, 1.165) is 36.7 Å². The number of nitrogens with zero attached hydrogens (tertiary/aromatic N) is 4. The molecule has 2 heterocycles. The van der Waals surface area contributed by atoms with Crippen molar-refractivity contribution in [3.05, 3.63) is 66.0 Å². The number of carbonyl (C=O) groups is 1. The van der Waals surface area contributed by atoms with Crippen LogP contribution in [0.1, 0.15) is 29.0 Å². The molecule has 1 aromatic heterocycles. The number of hydrogen-bond donors (Lipinski definition) is 0. The van der Waals surface area contributed by atoms with Gasteiger partial charge in [-0.2, -0.15) is 0 Å². The maximum Gasteiger partial charge on any atom is 0.337 e. The summed E-state index contributed by atoms with van der Waals surface area (Å²) in [5, 5.41) is 4.75. The van der Waals surface area contributed by atoms with E-state index in [0.29, 0.717) is 11.4 Å². The predicted octanol–water partition coefficient (Wildman–Crippen LogP) is 3.32. The van der Waals surface area contributed by atoms with Crippen molar-refractivity contribution in [1.82, 2.24) is 19.7 Å². The first kappa shape index (κ1) is 17.4. The van der Waals surface area contributed by atoms with E-state index in [1.54, 1.807) is 12.1 Å². The lowest BCUT2D eigenvalue weighted by atomic mass is 10.1. The molecule has 0 bridgehead atoms. The Morgan fingerprint density at radius 3 is 2.41 bits per heavy atom. The topological polar surface area (TPSA) is 60.2 Å². The summed E-state index contributed by atoms with van der Waals surface area (Å²) in [7, 11) is 1.38. The van der Waals surface area contributed by atoms with Crippen LogP contribution in [0.4, 0.5) is 0 Å². The van der Waals surface area contributed by atoms with Gasteiger partial charge in [-0.1, -0.05) is 30.3 Å². The molecule has 0 radical (unpaired) electrons. The second-order valence-corrected chi connectivity index (χ2v) is 6.65. The molecule has 1 saturated heterocycles. The number of carbonyl (C=O) groups excluding carboxylic acids is 1. The summed E-state index contributed by atoms with van der Waals surface area (Å²) in [4.78, 5) is 18.9. The van der Waals surface area contributed by atoms with E-state index in [-0.39, 0.29) is 5.97 Å². The van der Waals surface area contributed by atoms with Gasteiger partial charge in [0.15, 0.2) is 5.82 Å². The molecule has 0 aliphatic carbocycles. The molecular formula is C21H22N4O2.